The predicted octanol–water partition coefficient (Wildman–Crippen LogP) is 4.65. The summed E-state index contributed by atoms with van der Waals surface area (Å²) in [5, 5.41) is 2.22. The summed E-state index contributed by atoms with van der Waals surface area (Å²) in [5.74, 6) is -0.0190. The van der Waals surface area contributed by atoms with Gasteiger partial charge in [0.2, 0.25) is 0 Å². The topological polar surface area (TPSA) is 17.1 Å². The predicted molar refractivity (Wildman–Crippen MR) is 74.2 cm³/mol. The van der Waals surface area contributed by atoms with Crippen molar-refractivity contribution in [2.75, 3.05) is 0 Å². The molecule has 0 heterocycles. The molecule has 0 atom stereocenters. The number of carbonyl (C=O) groups excluding carboxylic acids is 1. The lowest BCUT2D eigenvalue weighted by atomic mass is 10.0. The molecule has 16 heavy (non-hydrogen) atoms. The first-order valence-electron chi connectivity index (χ1n) is 4.72. The third-order valence-corrected chi connectivity index (χ3v) is 2.73. The van der Waals surface area contributed by atoms with Gasteiger partial charge in [-0.15, -0.1) is 0 Å². The number of halogens is 2. The van der Waals surface area contributed by atoms with Crippen molar-refractivity contribution in [2.45, 2.75) is 0 Å². The maximum absolute atomic E-state index is 11.8. The lowest BCUT2D eigenvalue weighted by molar-refractivity contribution is 0.104. The zero-order valence-electron chi connectivity index (χ0n) is 8.28. The number of benzene rings is 2. The quantitative estimate of drug-likeness (QED) is 0.574. The van der Waals surface area contributed by atoms with Gasteiger partial charge >= 0.3 is 0 Å². The van der Waals surface area contributed by atoms with Crippen molar-refractivity contribution >= 4 is 48.4 Å². The minimum absolute atomic E-state index is 0.0190. The van der Waals surface area contributed by atoms with Gasteiger partial charge in [0.1, 0.15) is 0 Å². The summed E-state index contributed by atoms with van der Waals surface area (Å²) in [6.07, 6.45) is 1.50. The third kappa shape index (κ3) is 2.60. The molecular formula is C13H8Br2O. The van der Waals surface area contributed by atoms with Crippen molar-refractivity contribution in [1.82, 2.24) is 0 Å². The number of rotatable bonds is 2. The maximum Gasteiger partial charge on any atom is 0.187 e. The van der Waals surface area contributed by atoms with Crippen LogP contribution < -0.4 is 0 Å². The van der Waals surface area contributed by atoms with Crippen LogP contribution in [0.3, 0.4) is 0 Å². The van der Waals surface area contributed by atoms with E-state index < -0.39 is 0 Å². The van der Waals surface area contributed by atoms with Crippen molar-refractivity contribution < 1.29 is 4.79 Å². The summed E-state index contributed by atoms with van der Waals surface area (Å²) in [5.41, 5.74) is 0.690. The van der Waals surface area contributed by atoms with E-state index in [0.717, 1.165) is 10.8 Å². The molecule has 0 saturated carbocycles. The van der Waals surface area contributed by atoms with Crippen LogP contribution in [0.2, 0.25) is 0 Å². The molecule has 0 saturated heterocycles. The van der Waals surface area contributed by atoms with Crippen LogP contribution in [0.25, 0.3) is 10.8 Å². The highest BCUT2D eigenvalue weighted by Gasteiger charge is 2.03. The Morgan fingerprint density at radius 1 is 1.00 bits per heavy atom. The number of ketones is 1. The Morgan fingerprint density at radius 3 is 2.38 bits per heavy atom. The fraction of sp³-hybridized carbons (Fsp3) is 0. The molecule has 0 aliphatic heterocycles. The minimum Gasteiger partial charge on any atom is -0.289 e. The van der Waals surface area contributed by atoms with Gasteiger partial charge in [0.15, 0.2) is 5.78 Å². The summed E-state index contributed by atoms with van der Waals surface area (Å²) in [4.78, 5) is 11.8. The Balaban J connectivity index is 2.47. The van der Waals surface area contributed by atoms with Gasteiger partial charge in [-0.25, -0.2) is 0 Å². The van der Waals surface area contributed by atoms with Crippen LogP contribution in [-0.4, -0.2) is 5.78 Å². The van der Waals surface area contributed by atoms with Crippen molar-refractivity contribution in [2.24, 2.45) is 0 Å². The zero-order valence-corrected chi connectivity index (χ0v) is 11.5. The molecule has 3 heteroatoms. The molecular weight excluding hydrogens is 332 g/mol. The molecule has 0 spiro atoms. The van der Waals surface area contributed by atoms with Gasteiger partial charge in [-0.3, -0.25) is 4.79 Å². The number of allylic oxidation sites excluding steroid dienone is 1. The molecule has 2 rings (SSSR count). The second-order valence-corrected chi connectivity index (χ2v) is 6.13. The molecule has 0 N–H and O–H groups in total. The first-order chi connectivity index (χ1) is 7.66. The summed E-state index contributed by atoms with van der Waals surface area (Å²) in [6, 6.07) is 13.7. The van der Waals surface area contributed by atoms with Gasteiger partial charge in [-0.2, -0.15) is 0 Å². The molecule has 2 aromatic rings. The van der Waals surface area contributed by atoms with E-state index in [9.17, 15) is 4.79 Å². The number of hydrogen-bond donors (Lipinski definition) is 0. The van der Waals surface area contributed by atoms with E-state index in [4.69, 9.17) is 0 Å². The van der Waals surface area contributed by atoms with Crippen LogP contribution in [0.4, 0.5) is 0 Å². The normalized spacial score (nSPS) is 10.1. The van der Waals surface area contributed by atoms with Crippen molar-refractivity contribution in [3.8, 4) is 0 Å². The summed E-state index contributed by atoms with van der Waals surface area (Å²) >= 11 is 6.36. The van der Waals surface area contributed by atoms with Crippen molar-refractivity contribution in [3.05, 3.63) is 57.5 Å². The van der Waals surface area contributed by atoms with Crippen LogP contribution in [0.1, 0.15) is 10.4 Å². The van der Waals surface area contributed by atoms with Crippen LogP contribution in [0, 0.1) is 0 Å². The standard InChI is InChI=1S/C13H8Br2O/c14-13(15)8-12(16)11-6-5-9-3-1-2-4-10(9)7-11/h1-8H. The Hall–Kier alpha value is -0.930. The lowest BCUT2D eigenvalue weighted by Gasteiger charge is -2.00. The first-order valence-corrected chi connectivity index (χ1v) is 6.31. The summed E-state index contributed by atoms with van der Waals surface area (Å²) in [6.45, 7) is 0. The zero-order chi connectivity index (χ0) is 11.5. The maximum atomic E-state index is 11.8. The van der Waals surface area contributed by atoms with Crippen LogP contribution in [0.5, 0.6) is 0 Å². The Morgan fingerprint density at radius 2 is 1.69 bits per heavy atom. The summed E-state index contributed by atoms with van der Waals surface area (Å²) < 4.78 is 0.651. The molecule has 2 aromatic carbocycles. The van der Waals surface area contributed by atoms with E-state index in [2.05, 4.69) is 31.9 Å². The Kier molecular flexibility index (Phi) is 3.56. The minimum atomic E-state index is -0.0190. The van der Waals surface area contributed by atoms with Crippen molar-refractivity contribution in [3.63, 3.8) is 0 Å². The Bertz CT molecular complexity index is 569. The fourth-order valence-electron chi connectivity index (χ4n) is 1.53. The fourth-order valence-corrected chi connectivity index (χ4v) is 1.94. The van der Waals surface area contributed by atoms with Gasteiger partial charge in [0.05, 0.1) is 3.39 Å². The highest BCUT2D eigenvalue weighted by molar-refractivity contribution is 9.28. The average Bonchev–Trinajstić information content (AvgIpc) is 2.27. The molecule has 0 bridgehead atoms. The smallest absolute Gasteiger partial charge is 0.187 e. The molecule has 80 valence electrons. The molecule has 0 fully saturated rings. The van der Waals surface area contributed by atoms with Gasteiger partial charge in [0.25, 0.3) is 0 Å². The second kappa shape index (κ2) is 4.93. The molecule has 0 aliphatic carbocycles. The third-order valence-electron chi connectivity index (χ3n) is 2.27. The number of fused-ring (bicyclic) bond motifs is 1. The number of carbonyl (C=O) groups is 1. The van der Waals surface area contributed by atoms with Crippen LogP contribution in [0.15, 0.2) is 51.9 Å². The van der Waals surface area contributed by atoms with Crippen LogP contribution >= 0.6 is 31.9 Å². The van der Waals surface area contributed by atoms with Gasteiger partial charge in [0, 0.05) is 11.6 Å². The van der Waals surface area contributed by atoms with E-state index in [0.29, 0.717) is 8.96 Å². The first kappa shape index (κ1) is 11.6. The lowest BCUT2D eigenvalue weighted by Crippen LogP contribution is -1.93. The molecule has 0 radical (unpaired) electrons. The number of hydrogen-bond acceptors (Lipinski definition) is 1. The van der Waals surface area contributed by atoms with Gasteiger partial charge in [-0.05, 0) is 48.7 Å². The molecule has 0 unspecified atom stereocenters. The molecule has 1 nitrogen and oxygen atoms in total. The highest BCUT2D eigenvalue weighted by Crippen LogP contribution is 2.18. The monoisotopic (exact) mass is 338 g/mol. The van der Waals surface area contributed by atoms with E-state index in [1.165, 1.54) is 6.08 Å². The molecule has 0 amide bonds. The van der Waals surface area contributed by atoms with Gasteiger partial charge in [-0.1, -0.05) is 36.4 Å². The largest absolute Gasteiger partial charge is 0.289 e. The summed E-state index contributed by atoms with van der Waals surface area (Å²) in [7, 11) is 0. The SMILES string of the molecule is O=C(C=C(Br)Br)c1ccc2ccccc2c1. The van der Waals surface area contributed by atoms with Gasteiger partial charge < -0.3 is 0 Å². The van der Waals surface area contributed by atoms with Crippen molar-refractivity contribution in [1.29, 1.82) is 0 Å². The molecule has 0 aromatic heterocycles. The average molecular weight is 340 g/mol. The van der Waals surface area contributed by atoms with E-state index >= 15 is 0 Å². The van der Waals surface area contributed by atoms with Crippen LogP contribution in [-0.2, 0) is 0 Å². The van der Waals surface area contributed by atoms with E-state index in [-0.39, 0.29) is 5.78 Å². The molecule has 0 aliphatic rings. The Labute approximate surface area is 110 Å². The van der Waals surface area contributed by atoms with E-state index in [1.807, 2.05) is 42.5 Å². The highest BCUT2D eigenvalue weighted by atomic mass is 79.9. The van der Waals surface area contributed by atoms with E-state index in [1.54, 1.807) is 0 Å². The second-order valence-electron chi connectivity index (χ2n) is 3.36.